The van der Waals surface area contributed by atoms with Crippen molar-refractivity contribution in [2.75, 3.05) is 12.4 Å². The van der Waals surface area contributed by atoms with Gasteiger partial charge in [-0.3, -0.25) is 0 Å². The van der Waals surface area contributed by atoms with Crippen LogP contribution in [0, 0.1) is 0 Å². The maximum absolute atomic E-state index is 9.60. The summed E-state index contributed by atoms with van der Waals surface area (Å²) in [5, 5.41) is 13.7. The molecule has 124 valence electrons. The first-order chi connectivity index (χ1) is 11.6. The van der Waals surface area contributed by atoms with Gasteiger partial charge in [-0.15, -0.1) is 0 Å². The van der Waals surface area contributed by atoms with E-state index in [1.807, 2.05) is 50.2 Å². The fraction of sp³-hybridized carbons (Fsp3) is 0.263. The zero-order chi connectivity index (χ0) is 17.1. The Labute approximate surface area is 141 Å². The number of rotatable bonds is 5. The van der Waals surface area contributed by atoms with E-state index in [2.05, 4.69) is 15.3 Å². The van der Waals surface area contributed by atoms with Gasteiger partial charge in [-0.05, 0) is 31.0 Å². The molecule has 2 aromatic carbocycles. The number of aliphatic hydroxyl groups is 1. The highest BCUT2D eigenvalue weighted by Gasteiger charge is 2.13. The van der Waals surface area contributed by atoms with Gasteiger partial charge in [-0.2, -0.15) is 0 Å². The Morgan fingerprint density at radius 2 is 1.96 bits per heavy atom. The van der Waals surface area contributed by atoms with Crippen molar-refractivity contribution < 1.29 is 9.84 Å². The molecule has 0 aliphatic rings. The molecule has 0 unspecified atom stereocenters. The van der Waals surface area contributed by atoms with Crippen LogP contribution in [0.3, 0.4) is 0 Å². The zero-order valence-corrected chi connectivity index (χ0v) is 14.1. The van der Waals surface area contributed by atoms with E-state index in [0.717, 1.165) is 33.3 Å². The van der Waals surface area contributed by atoms with Crippen molar-refractivity contribution in [1.82, 2.24) is 9.97 Å². The van der Waals surface area contributed by atoms with Gasteiger partial charge in [0, 0.05) is 29.3 Å². The third kappa shape index (κ3) is 3.16. The number of anilines is 1. The number of hydrogen-bond donors (Lipinski definition) is 2. The molecule has 0 aliphatic carbocycles. The van der Waals surface area contributed by atoms with E-state index >= 15 is 0 Å². The molecule has 0 atom stereocenters. The Balaban J connectivity index is 2.15. The molecule has 1 aromatic heterocycles. The molecule has 2 N–H and O–H groups in total. The van der Waals surface area contributed by atoms with E-state index in [1.165, 1.54) is 0 Å². The zero-order valence-electron chi connectivity index (χ0n) is 14.1. The first-order valence-corrected chi connectivity index (χ1v) is 7.93. The molecule has 0 aliphatic heterocycles. The number of aliphatic hydroxyl groups excluding tert-OH is 1. The number of nitrogens with one attached hydrogen (secondary N) is 1. The molecule has 3 aromatic rings. The van der Waals surface area contributed by atoms with Crippen LogP contribution >= 0.6 is 0 Å². The fourth-order valence-corrected chi connectivity index (χ4v) is 2.69. The summed E-state index contributed by atoms with van der Waals surface area (Å²) in [5.74, 6) is 1.32. The van der Waals surface area contributed by atoms with Crippen molar-refractivity contribution in [1.29, 1.82) is 0 Å². The summed E-state index contributed by atoms with van der Waals surface area (Å²) in [6, 6.07) is 11.9. The molecule has 0 fully saturated rings. The Bertz CT molecular complexity index is 862. The minimum Gasteiger partial charge on any atom is -0.496 e. The van der Waals surface area contributed by atoms with E-state index in [0.29, 0.717) is 5.95 Å². The van der Waals surface area contributed by atoms with Gasteiger partial charge in [0.05, 0.1) is 19.2 Å². The van der Waals surface area contributed by atoms with Crippen molar-refractivity contribution in [3.63, 3.8) is 0 Å². The summed E-state index contributed by atoms with van der Waals surface area (Å²) in [5.41, 5.74) is 3.54. The largest absolute Gasteiger partial charge is 0.496 e. The van der Waals surface area contributed by atoms with Gasteiger partial charge in [-0.25, -0.2) is 9.97 Å². The monoisotopic (exact) mass is 323 g/mol. The lowest BCUT2D eigenvalue weighted by Gasteiger charge is -2.14. The van der Waals surface area contributed by atoms with Crippen molar-refractivity contribution in [3.8, 4) is 16.9 Å². The smallest absolute Gasteiger partial charge is 0.223 e. The second kappa shape index (κ2) is 6.84. The molecule has 3 rings (SSSR count). The van der Waals surface area contributed by atoms with Gasteiger partial charge < -0.3 is 15.2 Å². The Hall–Kier alpha value is -2.66. The lowest BCUT2D eigenvalue weighted by Crippen LogP contribution is -2.12. The number of nitrogens with zero attached hydrogens (tertiary/aromatic N) is 2. The van der Waals surface area contributed by atoms with E-state index in [4.69, 9.17) is 4.74 Å². The number of hydrogen-bond acceptors (Lipinski definition) is 5. The molecule has 24 heavy (non-hydrogen) atoms. The average molecular weight is 323 g/mol. The molecule has 5 nitrogen and oxygen atoms in total. The lowest BCUT2D eigenvalue weighted by atomic mass is 9.98. The normalized spacial score (nSPS) is 11.0. The standard InChI is InChI=1S/C19H21N3O2/c1-12(2)21-19-20-10-14-8-16(18(24-3)9-17(14)22-19)15-7-5-4-6-13(15)11-23/h4-10,12,23H,11H2,1-3H3,(H,20,21,22). The average Bonchev–Trinajstić information content (AvgIpc) is 2.60. The maximum atomic E-state index is 9.60. The second-order valence-electron chi connectivity index (χ2n) is 5.92. The SMILES string of the molecule is COc1cc2nc(NC(C)C)ncc2cc1-c1ccccc1CO. The van der Waals surface area contributed by atoms with Gasteiger partial charge in [0.2, 0.25) is 5.95 Å². The number of ether oxygens (including phenoxy) is 1. The third-order valence-corrected chi connectivity index (χ3v) is 3.80. The van der Waals surface area contributed by atoms with Crippen molar-refractivity contribution in [3.05, 3.63) is 48.2 Å². The van der Waals surface area contributed by atoms with E-state index in [9.17, 15) is 5.11 Å². The van der Waals surface area contributed by atoms with Crippen LogP contribution in [-0.2, 0) is 6.61 Å². The van der Waals surface area contributed by atoms with Crippen LogP contribution in [-0.4, -0.2) is 28.2 Å². The van der Waals surface area contributed by atoms with Crippen molar-refractivity contribution in [2.45, 2.75) is 26.5 Å². The Morgan fingerprint density at radius 1 is 1.17 bits per heavy atom. The minimum absolute atomic E-state index is 0.0227. The Morgan fingerprint density at radius 3 is 2.67 bits per heavy atom. The van der Waals surface area contributed by atoms with Crippen LogP contribution in [0.15, 0.2) is 42.6 Å². The molecule has 0 saturated carbocycles. The van der Waals surface area contributed by atoms with Gasteiger partial charge in [0.25, 0.3) is 0 Å². The van der Waals surface area contributed by atoms with E-state index in [-0.39, 0.29) is 12.6 Å². The molecular formula is C19H21N3O2. The summed E-state index contributed by atoms with van der Waals surface area (Å²) in [7, 11) is 1.64. The predicted molar refractivity (Wildman–Crippen MR) is 96.2 cm³/mol. The van der Waals surface area contributed by atoms with Crippen LogP contribution in [0.2, 0.25) is 0 Å². The van der Waals surface area contributed by atoms with Gasteiger partial charge >= 0.3 is 0 Å². The van der Waals surface area contributed by atoms with E-state index in [1.54, 1.807) is 13.3 Å². The number of fused-ring (bicyclic) bond motifs is 1. The van der Waals surface area contributed by atoms with Crippen LogP contribution in [0.4, 0.5) is 5.95 Å². The highest BCUT2D eigenvalue weighted by Crippen LogP contribution is 2.35. The molecular weight excluding hydrogens is 302 g/mol. The van der Waals surface area contributed by atoms with Crippen molar-refractivity contribution >= 4 is 16.9 Å². The molecule has 0 spiro atoms. The molecule has 1 heterocycles. The van der Waals surface area contributed by atoms with Crippen molar-refractivity contribution in [2.24, 2.45) is 0 Å². The topological polar surface area (TPSA) is 67.3 Å². The predicted octanol–water partition coefficient (Wildman–Crippen LogP) is 3.62. The number of benzene rings is 2. The first kappa shape index (κ1) is 16.2. The highest BCUT2D eigenvalue weighted by molar-refractivity contribution is 5.89. The van der Waals surface area contributed by atoms with Crippen LogP contribution in [0.25, 0.3) is 22.0 Å². The second-order valence-corrected chi connectivity index (χ2v) is 5.92. The minimum atomic E-state index is -0.0227. The third-order valence-electron chi connectivity index (χ3n) is 3.80. The lowest BCUT2D eigenvalue weighted by molar-refractivity contribution is 0.282. The summed E-state index contributed by atoms with van der Waals surface area (Å²) >= 11 is 0. The van der Waals surface area contributed by atoms with Gasteiger partial charge in [0.15, 0.2) is 0 Å². The Kier molecular flexibility index (Phi) is 4.62. The van der Waals surface area contributed by atoms with E-state index < -0.39 is 0 Å². The van der Waals surface area contributed by atoms with Crippen LogP contribution in [0.1, 0.15) is 19.4 Å². The quantitative estimate of drug-likeness (QED) is 0.750. The number of methoxy groups -OCH3 is 1. The molecule has 5 heteroatoms. The highest BCUT2D eigenvalue weighted by atomic mass is 16.5. The summed E-state index contributed by atoms with van der Waals surface area (Å²) in [6.07, 6.45) is 1.80. The first-order valence-electron chi connectivity index (χ1n) is 7.93. The van der Waals surface area contributed by atoms with Crippen LogP contribution < -0.4 is 10.1 Å². The van der Waals surface area contributed by atoms with Gasteiger partial charge in [-0.1, -0.05) is 24.3 Å². The molecule has 0 amide bonds. The summed E-state index contributed by atoms with van der Waals surface area (Å²) in [4.78, 5) is 8.92. The molecule has 0 saturated heterocycles. The fourth-order valence-electron chi connectivity index (χ4n) is 2.69. The summed E-state index contributed by atoms with van der Waals surface area (Å²) < 4.78 is 5.57. The summed E-state index contributed by atoms with van der Waals surface area (Å²) in [6.45, 7) is 4.07. The van der Waals surface area contributed by atoms with Crippen LogP contribution in [0.5, 0.6) is 5.75 Å². The number of aromatic nitrogens is 2. The molecule has 0 bridgehead atoms. The maximum Gasteiger partial charge on any atom is 0.223 e. The molecule has 0 radical (unpaired) electrons. The van der Waals surface area contributed by atoms with Gasteiger partial charge in [0.1, 0.15) is 5.75 Å².